The van der Waals surface area contributed by atoms with Gasteiger partial charge in [-0.3, -0.25) is 9.59 Å². The van der Waals surface area contributed by atoms with Crippen LogP contribution in [0.4, 0.5) is 0 Å². The summed E-state index contributed by atoms with van der Waals surface area (Å²) >= 11 is 18.0. The van der Waals surface area contributed by atoms with Crippen LogP contribution in [-0.2, 0) is 22.6 Å². The molecule has 1 N–H and O–H groups in total. The highest BCUT2D eigenvalue weighted by atomic mass is 35.5. The van der Waals surface area contributed by atoms with Crippen LogP contribution in [0.1, 0.15) is 31.9 Å². The Bertz CT molecular complexity index is 838. The minimum Gasteiger partial charge on any atom is -0.352 e. The van der Waals surface area contributed by atoms with Crippen LogP contribution in [0.5, 0.6) is 0 Å². The summed E-state index contributed by atoms with van der Waals surface area (Å²) in [7, 11) is 0. The van der Waals surface area contributed by atoms with Crippen molar-refractivity contribution >= 4 is 46.6 Å². The third-order valence-electron chi connectivity index (χ3n) is 4.20. The Morgan fingerprint density at radius 1 is 0.929 bits per heavy atom. The van der Waals surface area contributed by atoms with Crippen molar-refractivity contribution in [3.05, 3.63) is 68.7 Å². The third kappa shape index (κ3) is 6.40. The largest absolute Gasteiger partial charge is 0.352 e. The standard InChI is InChI=1S/C21H23Cl3N2O2/c1-13(2)25-21(28)14(3)26(12-16-6-9-18(23)19(24)10-16)20(27)11-15-4-7-17(22)8-5-15/h4-10,13-14H,11-12H2,1-3H3,(H,25,28)/t14-/m1/s1. The molecule has 28 heavy (non-hydrogen) atoms. The van der Waals surface area contributed by atoms with Gasteiger partial charge in [-0.15, -0.1) is 0 Å². The molecule has 0 aliphatic heterocycles. The fourth-order valence-corrected chi connectivity index (χ4v) is 3.15. The average molecular weight is 442 g/mol. The van der Waals surface area contributed by atoms with Crippen LogP contribution < -0.4 is 5.32 Å². The molecule has 2 aromatic rings. The van der Waals surface area contributed by atoms with Gasteiger partial charge in [0.05, 0.1) is 16.5 Å². The maximum Gasteiger partial charge on any atom is 0.242 e. The van der Waals surface area contributed by atoms with Gasteiger partial charge in [-0.05, 0) is 56.2 Å². The molecule has 0 heterocycles. The van der Waals surface area contributed by atoms with Gasteiger partial charge in [-0.1, -0.05) is 53.0 Å². The van der Waals surface area contributed by atoms with Gasteiger partial charge in [0.2, 0.25) is 11.8 Å². The smallest absolute Gasteiger partial charge is 0.242 e. The van der Waals surface area contributed by atoms with Crippen LogP contribution in [0.25, 0.3) is 0 Å². The second-order valence-electron chi connectivity index (χ2n) is 6.91. The van der Waals surface area contributed by atoms with Crippen LogP contribution in [0, 0.1) is 0 Å². The number of carbonyl (C=O) groups excluding carboxylic acids is 2. The first kappa shape index (κ1) is 22.5. The zero-order valence-electron chi connectivity index (χ0n) is 16.0. The van der Waals surface area contributed by atoms with E-state index in [1.807, 2.05) is 13.8 Å². The number of hydrogen-bond donors (Lipinski definition) is 1. The molecule has 0 unspecified atom stereocenters. The summed E-state index contributed by atoms with van der Waals surface area (Å²) < 4.78 is 0. The van der Waals surface area contributed by atoms with E-state index in [4.69, 9.17) is 34.8 Å². The molecular weight excluding hydrogens is 419 g/mol. The maximum absolute atomic E-state index is 13.0. The topological polar surface area (TPSA) is 49.4 Å². The Hall–Kier alpha value is -1.75. The van der Waals surface area contributed by atoms with E-state index in [0.29, 0.717) is 15.1 Å². The molecule has 0 aliphatic carbocycles. The maximum atomic E-state index is 13.0. The van der Waals surface area contributed by atoms with E-state index in [2.05, 4.69) is 5.32 Å². The zero-order valence-corrected chi connectivity index (χ0v) is 18.3. The lowest BCUT2D eigenvalue weighted by Crippen LogP contribution is -2.49. The van der Waals surface area contributed by atoms with E-state index < -0.39 is 6.04 Å². The van der Waals surface area contributed by atoms with Crippen molar-refractivity contribution < 1.29 is 9.59 Å². The Kier molecular flexibility index (Phi) is 8.17. The lowest BCUT2D eigenvalue weighted by Gasteiger charge is -2.29. The van der Waals surface area contributed by atoms with Gasteiger partial charge in [0.1, 0.15) is 6.04 Å². The molecule has 7 heteroatoms. The van der Waals surface area contributed by atoms with E-state index in [-0.39, 0.29) is 30.8 Å². The average Bonchev–Trinajstić information content (AvgIpc) is 2.63. The number of benzene rings is 2. The summed E-state index contributed by atoms with van der Waals surface area (Å²) in [5, 5.41) is 4.31. The highest BCUT2D eigenvalue weighted by Crippen LogP contribution is 2.24. The van der Waals surface area contributed by atoms with E-state index in [1.165, 1.54) is 0 Å². The molecule has 0 bridgehead atoms. The second-order valence-corrected chi connectivity index (χ2v) is 8.16. The fourth-order valence-electron chi connectivity index (χ4n) is 2.70. The van der Waals surface area contributed by atoms with Crippen molar-refractivity contribution in [1.29, 1.82) is 0 Å². The van der Waals surface area contributed by atoms with Gasteiger partial charge in [0.25, 0.3) is 0 Å². The predicted octanol–water partition coefficient (Wildman–Crippen LogP) is 5.13. The van der Waals surface area contributed by atoms with E-state index in [1.54, 1.807) is 54.3 Å². The summed E-state index contributed by atoms with van der Waals surface area (Å²) in [6.45, 7) is 5.72. The molecule has 0 radical (unpaired) electrons. The molecule has 0 spiro atoms. The molecule has 0 aliphatic rings. The molecule has 1 atom stereocenters. The number of nitrogens with one attached hydrogen (secondary N) is 1. The Labute approximate surface area is 180 Å². The summed E-state index contributed by atoms with van der Waals surface area (Å²) in [6, 6.07) is 11.6. The first-order chi connectivity index (χ1) is 13.2. The summed E-state index contributed by atoms with van der Waals surface area (Å²) in [4.78, 5) is 27.1. The van der Waals surface area contributed by atoms with Crippen LogP contribution in [0.15, 0.2) is 42.5 Å². The molecular formula is C21H23Cl3N2O2. The van der Waals surface area contributed by atoms with Gasteiger partial charge in [-0.25, -0.2) is 0 Å². The highest BCUT2D eigenvalue weighted by molar-refractivity contribution is 6.42. The summed E-state index contributed by atoms with van der Waals surface area (Å²) in [5.41, 5.74) is 1.62. The van der Waals surface area contributed by atoms with Crippen molar-refractivity contribution in [3.8, 4) is 0 Å². The Balaban J connectivity index is 2.25. The van der Waals surface area contributed by atoms with Crippen molar-refractivity contribution in [2.75, 3.05) is 0 Å². The summed E-state index contributed by atoms with van der Waals surface area (Å²) in [6.07, 6.45) is 0.164. The van der Waals surface area contributed by atoms with Gasteiger partial charge in [0, 0.05) is 17.6 Å². The van der Waals surface area contributed by atoms with Crippen LogP contribution in [0.2, 0.25) is 15.1 Å². The second kappa shape index (κ2) is 10.1. The van der Waals surface area contributed by atoms with Crippen LogP contribution in [0.3, 0.4) is 0 Å². The number of nitrogens with zero attached hydrogens (tertiary/aromatic N) is 1. The normalized spacial score (nSPS) is 12.0. The molecule has 2 amide bonds. The van der Waals surface area contributed by atoms with Gasteiger partial charge >= 0.3 is 0 Å². The van der Waals surface area contributed by atoms with Crippen LogP contribution in [-0.4, -0.2) is 28.8 Å². The Morgan fingerprint density at radius 3 is 2.11 bits per heavy atom. The number of carbonyl (C=O) groups is 2. The molecule has 2 rings (SSSR count). The molecule has 4 nitrogen and oxygen atoms in total. The molecule has 0 saturated carbocycles. The minimum absolute atomic E-state index is 0.0202. The molecule has 2 aromatic carbocycles. The predicted molar refractivity (Wildman–Crippen MR) is 115 cm³/mol. The number of halogens is 3. The van der Waals surface area contributed by atoms with Crippen molar-refractivity contribution in [2.45, 2.75) is 45.8 Å². The van der Waals surface area contributed by atoms with Gasteiger partial charge in [0.15, 0.2) is 0 Å². The first-order valence-corrected chi connectivity index (χ1v) is 10.1. The van der Waals surface area contributed by atoms with Gasteiger partial charge < -0.3 is 10.2 Å². The quantitative estimate of drug-likeness (QED) is 0.647. The van der Waals surface area contributed by atoms with Gasteiger partial charge in [-0.2, -0.15) is 0 Å². The molecule has 150 valence electrons. The highest BCUT2D eigenvalue weighted by Gasteiger charge is 2.26. The Morgan fingerprint density at radius 2 is 1.54 bits per heavy atom. The summed E-state index contributed by atoms with van der Waals surface area (Å²) in [5.74, 6) is -0.376. The van der Waals surface area contributed by atoms with E-state index >= 15 is 0 Å². The van der Waals surface area contributed by atoms with Crippen molar-refractivity contribution in [1.82, 2.24) is 10.2 Å². The number of amides is 2. The zero-order chi connectivity index (χ0) is 20.8. The SMILES string of the molecule is CC(C)NC(=O)[C@@H](C)N(Cc1ccc(Cl)c(Cl)c1)C(=O)Cc1ccc(Cl)cc1. The number of rotatable bonds is 7. The van der Waals surface area contributed by atoms with E-state index in [9.17, 15) is 9.59 Å². The molecule has 0 saturated heterocycles. The molecule has 0 aromatic heterocycles. The minimum atomic E-state index is -0.642. The number of hydrogen-bond acceptors (Lipinski definition) is 2. The lowest BCUT2D eigenvalue weighted by atomic mass is 10.1. The fraction of sp³-hybridized carbons (Fsp3) is 0.333. The monoisotopic (exact) mass is 440 g/mol. The van der Waals surface area contributed by atoms with E-state index in [0.717, 1.165) is 11.1 Å². The van der Waals surface area contributed by atoms with Crippen LogP contribution >= 0.6 is 34.8 Å². The first-order valence-electron chi connectivity index (χ1n) is 8.95. The van der Waals surface area contributed by atoms with Crippen molar-refractivity contribution in [2.24, 2.45) is 0 Å². The molecule has 0 fully saturated rings. The third-order valence-corrected chi connectivity index (χ3v) is 5.19. The van der Waals surface area contributed by atoms with Crippen molar-refractivity contribution in [3.63, 3.8) is 0 Å². The lowest BCUT2D eigenvalue weighted by molar-refractivity contribution is -0.140.